The Kier molecular flexibility index (Phi) is 11.1. The van der Waals surface area contributed by atoms with Crippen LogP contribution in [0, 0.1) is 23.6 Å². The third-order valence-corrected chi connectivity index (χ3v) is 14.0. The van der Waals surface area contributed by atoms with Gasteiger partial charge in [0.1, 0.15) is 33.9 Å². The van der Waals surface area contributed by atoms with Crippen molar-refractivity contribution in [3.05, 3.63) is 47.2 Å². The Morgan fingerprint density at radius 2 is 1.84 bits per heavy atom. The van der Waals surface area contributed by atoms with Gasteiger partial charge in [0.2, 0.25) is 21.8 Å². The van der Waals surface area contributed by atoms with Gasteiger partial charge in [-0.15, -0.1) is 11.3 Å². The molecule has 2 aromatic rings. The fourth-order valence-corrected chi connectivity index (χ4v) is 10.3. The molecule has 2 saturated heterocycles. The minimum absolute atomic E-state index is 0.0792. The number of fused-ring (bicyclic) bond motifs is 4. The highest BCUT2D eigenvalue weighted by molar-refractivity contribution is 7.91. The van der Waals surface area contributed by atoms with Crippen LogP contribution in [0.5, 0.6) is 5.75 Å². The van der Waals surface area contributed by atoms with E-state index in [0.717, 1.165) is 12.8 Å². The summed E-state index contributed by atoms with van der Waals surface area (Å²) in [5.41, 5.74) is -1.76. The van der Waals surface area contributed by atoms with E-state index in [-0.39, 0.29) is 43.4 Å². The lowest BCUT2D eigenvalue weighted by atomic mass is 9.93. The molecule has 3 N–H and O–H groups in total. The average Bonchev–Trinajstić information content (AvgIpc) is 3.96. The van der Waals surface area contributed by atoms with Crippen LogP contribution in [0.2, 0.25) is 0 Å². The number of allylic oxidation sites excluding steroid dienone is 1. The van der Waals surface area contributed by atoms with Gasteiger partial charge < -0.3 is 29.9 Å². The third kappa shape index (κ3) is 8.66. The second-order valence-corrected chi connectivity index (χ2v) is 19.5. The summed E-state index contributed by atoms with van der Waals surface area (Å²) in [5.74, 6) is -4.22. The molecule has 4 heterocycles. The van der Waals surface area contributed by atoms with Crippen molar-refractivity contribution in [1.82, 2.24) is 30.1 Å². The number of halogens is 1. The van der Waals surface area contributed by atoms with E-state index in [0.29, 0.717) is 42.7 Å². The Morgan fingerprint density at radius 3 is 2.54 bits per heavy atom. The van der Waals surface area contributed by atoms with Crippen molar-refractivity contribution in [3.8, 4) is 16.3 Å². The quantitative estimate of drug-likeness (QED) is 0.347. The Bertz CT molecular complexity index is 2080. The molecule has 1 aromatic heterocycles. The summed E-state index contributed by atoms with van der Waals surface area (Å²) in [5, 5.41) is 7.00. The van der Waals surface area contributed by atoms with Gasteiger partial charge >= 0.3 is 6.09 Å². The van der Waals surface area contributed by atoms with Crippen LogP contribution in [0.25, 0.3) is 10.6 Å². The van der Waals surface area contributed by atoms with Crippen LogP contribution in [-0.2, 0) is 29.1 Å². The number of hydrogen-bond acceptors (Lipinski definition) is 11. The Labute approximate surface area is 335 Å². The van der Waals surface area contributed by atoms with Crippen molar-refractivity contribution in [2.75, 3.05) is 26.7 Å². The zero-order valence-corrected chi connectivity index (χ0v) is 34.0. The lowest BCUT2D eigenvalue weighted by molar-refractivity contribution is -0.142. The van der Waals surface area contributed by atoms with Crippen LogP contribution in [0.4, 0.5) is 9.18 Å². The number of benzene rings is 1. The molecule has 0 spiro atoms. The summed E-state index contributed by atoms with van der Waals surface area (Å²) in [4.78, 5) is 77.4. The first kappa shape index (κ1) is 40.6. The van der Waals surface area contributed by atoms with Gasteiger partial charge in [-0.3, -0.25) is 23.9 Å². The number of hydrogen-bond donors (Lipinski definition) is 3. The molecule has 18 heteroatoms. The van der Waals surface area contributed by atoms with E-state index in [1.807, 2.05) is 12.2 Å². The predicted molar refractivity (Wildman–Crippen MR) is 207 cm³/mol. The van der Waals surface area contributed by atoms with Crippen LogP contribution in [0.3, 0.4) is 0 Å². The number of thiazole rings is 1. The van der Waals surface area contributed by atoms with Gasteiger partial charge in [-0.05, 0) is 77.5 Å². The maximum absolute atomic E-state index is 14.7. The second-order valence-electron chi connectivity index (χ2n) is 16.7. The first-order valence-corrected chi connectivity index (χ1v) is 21.9. The van der Waals surface area contributed by atoms with E-state index >= 15 is 0 Å². The average molecular weight is 829 g/mol. The number of nitrogens with one attached hydrogen (secondary N) is 3. The molecule has 1 aromatic carbocycles. The number of carbonyl (C=O) groups is 5. The largest absolute Gasteiger partial charge is 0.494 e. The van der Waals surface area contributed by atoms with E-state index < -0.39 is 85.9 Å². The molecule has 3 aliphatic heterocycles. The summed E-state index contributed by atoms with van der Waals surface area (Å²) in [6, 6.07) is 2.24. The normalized spacial score (nSPS) is 28.5. The van der Waals surface area contributed by atoms with Crippen molar-refractivity contribution in [2.45, 2.75) is 101 Å². The van der Waals surface area contributed by atoms with Gasteiger partial charge in [0, 0.05) is 48.3 Å². The number of nitrogens with zero attached hydrogens (tertiary/aromatic N) is 3. The summed E-state index contributed by atoms with van der Waals surface area (Å²) >= 11 is 1.18. The fourth-order valence-electron chi connectivity index (χ4n) is 8.15. The molecule has 6 atom stereocenters. The van der Waals surface area contributed by atoms with Crippen LogP contribution < -0.4 is 20.1 Å². The molecule has 15 nitrogen and oxygen atoms in total. The first-order valence-electron chi connectivity index (χ1n) is 19.4. The summed E-state index contributed by atoms with van der Waals surface area (Å²) in [6.07, 6.45) is 7.15. The topological polar surface area (TPSA) is 193 Å². The van der Waals surface area contributed by atoms with Gasteiger partial charge in [-0.1, -0.05) is 25.0 Å². The minimum Gasteiger partial charge on any atom is -0.494 e. The molecule has 7 rings (SSSR count). The molecule has 5 amide bonds. The number of ether oxygens (including phenoxy) is 2. The maximum Gasteiger partial charge on any atom is 0.408 e. The monoisotopic (exact) mass is 828 g/mol. The molecular weight excluding hydrogens is 780 g/mol. The minimum atomic E-state index is -3.93. The number of carbonyl (C=O) groups excluding carboxylic acids is 5. The highest BCUT2D eigenvalue weighted by Crippen LogP contribution is 2.47. The molecule has 2 aliphatic carbocycles. The van der Waals surface area contributed by atoms with Crippen molar-refractivity contribution in [1.29, 1.82) is 0 Å². The summed E-state index contributed by atoms with van der Waals surface area (Å²) in [6.45, 7) is 5.51. The molecule has 0 unspecified atom stereocenters. The third-order valence-electron chi connectivity index (χ3n) is 11.3. The maximum atomic E-state index is 14.7. The number of rotatable bonds is 7. The number of methoxy groups -OCH3 is 1. The van der Waals surface area contributed by atoms with Gasteiger partial charge in [0.25, 0.3) is 11.8 Å². The van der Waals surface area contributed by atoms with E-state index in [2.05, 4.69) is 20.3 Å². The molecule has 5 aliphatic rings. The van der Waals surface area contributed by atoms with Gasteiger partial charge in [0.05, 0.1) is 12.4 Å². The van der Waals surface area contributed by atoms with Gasteiger partial charge in [-0.2, -0.15) is 0 Å². The summed E-state index contributed by atoms with van der Waals surface area (Å²) < 4.78 is 53.0. The number of sulfonamides is 1. The van der Waals surface area contributed by atoms with E-state index in [9.17, 15) is 36.8 Å². The van der Waals surface area contributed by atoms with Crippen molar-refractivity contribution in [3.63, 3.8) is 0 Å². The molecule has 4 fully saturated rings. The highest BCUT2D eigenvalue weighted by atomic mass is 32.2. The van der Waals surface area contributed by atoms with E-state index in [1.54, 1.807) is 37.1 Å². The summed E-state index contributed by atoms with van der Waals surface area (Å²) in [7, 11) is -2.57. The Balaban J connectivity index is 1.16. The molecule has 0 radical (unpaired) electrons. The molecule has 57 heavy (non-hydrogen) atoms. The lowest BCUT2D eigenvalue weighted by Gasteiger charge is -2.33. The van der Waals surface area contributed by atoms with Crippen LogP contribution >= 0.6 is 11.3 Å². The highest BCUT2D eigenvalue weighted by Gasteiger charge is 2.63. The molecular formula is C39H49FN6O9S2. The first-order chi connectivity index (χ1) is 27.0. The number of amides is 5. The van der Waals surface area contributed by atoms with Crippen LogP contribution in [-0.4, -0.2) is 108 Å². The number of aromatic nitrogens is 1. The standard InChI is InChI=1S/C39H49FN6O9S2/c1-38(2,3)55-37(51)42-28-11-9-7-5-6-8-10-24-17-39(24,36(50)44-57(52,53)25-13-14-25)43-32(47)31-26-20-45(18-23(26)19-46(31)35(28)49)34(48)29-21-56-33(41-29)22-12-15-30(54-4)27(40)16-22/h8,10,12,15-16,21,23-26,28,31H,5-7,9,11,13-14,17-20H2,1-4H3,(H,42,51)(H,43,47)(H,44,50)/b10-8-/t23-,24+,26-,28-,31-,39-/m0/s1. The molecule has 0 bridgehead atoms. The fraction of sp³-hybridized carbons (Fsp3) is 0.590. The van der Waals surface area contributed by atoms with E-state index in [4.69, 9.17) is 9.47 Å². The van der Waals surface area contributed by atoms with Crippen molar-refractivity contribution < 1.29 is 46.3 Å². The van der Waals surface area contributed by atoms with Crippen LogP contribution in [0.15, 0.2) is 35.7 Å². The van der Waals surface area contributed by atoms with Crippen molar-refractivity contribution >= 4 is 51.1 Å². The number of likely N-dealkylation sites (tertiary alicyclic amines) is 1. The smallest absolute Gasteiger partial charge is 0.408 e. The van der Waals surface area contributed by atoms with Gasteiger partial charge in [0.15, 0.2) is 11.6 Å². The zero-order valence-electron chi connectivity index (χ0n) is 32.4. The Morgan fingerprint density at radius 1 is 1.07 bits per heavy atom. The zero-order chi connectivity index (χ0) is 40.9. The lowest BCUT2D eigenvalue weighted by Crippen LogP contribution is -2.60. The van der Waals surface area contributed by atoms with E-state index in [1.165, 1.54) is 35.5 Å². The predicted octanol–water partition coefficient (Wildman–Crippen LogP) is 3.75. The van der Waals surface area contributed by atoms with Gasteiger partial charge in [-0.25, -0.2) is 22.6 Å². The Hall–Kier alpha value is -4.58. The SMILES string of the molecule is COc1ccc(-c2nc(C(=O)N3C[C@H]4CN5C(=O)[C@@H](NC(=O)OC(C)(C)C)CCCCC/C=C\[C@@H]6C[C@]6(C(=O)NS(=O)(=O)C6CC6)NC(=O)[C@@H]5[C@H]4C3)cs2)cc1F. The van der Waals surface area contributed by atoms with Crippen molar-refractivity contribution in [2.24, 2.45) is 17.8 Å². The number of alkyl carbamates (subject to hydrolysis) is 1. The molecule has 308 valence electrons. The second kappa shape index (κ2) is 15.6. The molecule has 2 saturated carbocycles. The van der Waals surface area contributed by atoms with Crippen LogP contribution in [0.1, 0.15) is 82.6 Å².